The fraction of sp³-hybridized carbons (Fsp3) is 0. The van der Waals surface area contributed by atoms with Crippen molar-refractivity contribution in [1.29, 1.82) is 0 Å². The van der Waals surface area contributed by atoms with Gasteiger partial charge in [0.25, 0.3) is 0 Å². The summed E-state index contributed by atoms with van der Waals surface area (Å²) in [5.74, 6) is 0. The minimum Gasteiger partial charge on any atom is -1.00 e. The summed E-state index contributed by atoms with van der Waals surface area (Å²) in [6.45, 7) is 0. The summed E-state index contributed by atoms with van der Waals surface area (Å²) >= 11 is 0. The third-order valence-corrected chi connectivity index (χ3v) is 0. The number of hydrogen-bond acceptors (Lipinski definition) is 0. The first-order valence-corrected chi connectivity index (χ1v) is 0.655. The molecule has 40 valence electrons. The van der Waals surface area contributed by atoms with Gasteiger partial charge in [-0.3, -0.25) is 12.9 Å². The molecule has 0 aliphatic rings. The number of halogens is 5. The van der Waals surface area contributed by atoms with Gasteiger partial charge in [0, 0.05) is 0 Å². The van der Waals surface area contributed by atoms with E-state index in [2.05, 4.69) is 0 Å². The monoisotopic (exact) mass is 146 g/mol. The Balaban J connectivity index is -0.0000000150. The van der Waals surface area contributed by atoms with Gasteiger partial charge in [-0.2, -0.15) is 0 Å². The van der Waals surface area contributed by atoms with Crippen LogP contribution in [0.2, 0.25) is 0 Å². The van der Waals surface area contributed by atoms with Gasteiger partial charge in [0.2, 0.25) is 0 Å². The maximum Gasteiger partial charge on any atom is 2.00 e. The van der Waals surface area contributed by atoms with Crippen molar-refractivity contribution >= 4 is 45.3 Å². The first kappa shape index (κ1) is 24.6. The quantitative estimate of drug-likeness (QED) is 0.236. The summed E-state index contributed by atoms with van der Waals surface area (Å²) in [6, 6.07) is 0. The van der Waals surface area contributed by atoms with Gasteiger partial charge >= 0.3 is 45.3 Å². The van der Waals surface area contributed by atoms with Crippen LogP contribution in [-0.2, 0) is 0 Å². The van der Waals surface area contributed by atoms with E-state index in [1.54, 1.807) is 0 Å². The van der Waals surface area contributed by atoms with Crippen molar-refractivity contribution in [2.24, 2.45) is 0 Å². The molecular formula is BCaF5. The van der Waals surface area contributed by atoms with E-state index in [0.29, 0.717) is 0 Å². The van der Waals surface area contributed by atoms with Crippen LogP contribution in [0.1, 0.15) is 0 Å². The molecule has 0 spiro atoms. The third kappa shape index (κ3) is 182. The second kappa shape index (κ2) is 15.8. The second-order valence-electron chi connectivity index (χ2n) is 0.247. The van der Waals surface area contributed by atoms with Gasteiger partial charge in [-0.25, -0.2) is 0 Å². The Morgan fingerprint density at radius 1 is 0.857 bits per heavy atom. The van der Waals surface area contributed by atoms with Gasteiger partial charge in [-0.15, -0.1) is 0 Å². The topological polar surface area (TPSA) is 0 Å². The fourth-order valence-electron chi connectivity index (χ4n) is 0. The van der Waals surface area contributed by atoms with E-state index in [1.165, 1.54) is 0 Å². The molecule has 0 radical (unpaired) electrons. The molecule has 0 heterocycles. The van der Waals surface area contributed by atoms with Crippen molar-refractivity contribution in [3.63, 3.8) is 0 Å². The van der Waals surface area contributed by atoms with Crippen LogP contribution < -0.4 is 9.41 Å². The van der Waals surface area contributed by atoms with Gasteiger partial charge in [-0.1, -0.05) is 0 Å². The van der Waals surface area contributed by atoms with Gasteiger partial charge in [0.1, 0.15) is 0 Å². The minimum absolute atomic E-state index is 0. The van der Waals surface area contributed by atoms with Crippen LogP contribution in [-0.4, -0.2) is 45.3 Å². The van der Waals surface area contributed by atoms with E-state index in [9.17, 15) is 12.9 Å². The van der Waals surface area contributed by atoms with E-state index >= 15 is 0 Å². The Morgan fingerprint density at radius 3 is 0.857 bits per heavy atom. The molecule has 0 aromatic rings. The molecule has 0 N–H and O–H groups in total. The number of rotatable bonds is 0. The zero-order valence-corrected chi connectivity index (χ0v) is 5.38. The molecule has 0 aromatic carbocycles. The molecule has 0 rings (SSSR count). The average molecular weight is 146 g/mol. The molecule has 0 aliphatic heterocycles. The van der Waals surface area contributed by atoms with Crippen LogP contribution in [0.15, 0.2) is 0 Å². The average Bonchev–Trinajstić information content (AvgIpc) is 0.811. The minimum atomic E-state index is -3.67. The van der Waals surface area contributed by atoms with Crippen molar-refractivity contribution in [1.82, 2.24) is 0 Å². The first-order chi connectivity index (χ1) is 1.73. The van der Waals surface area contributed by atoms with Gasteiger partial charge in [-0.05, 0) is 0 Å². The van der Waals surface area contributed by atoms with Crippen molar-refractivity contribution in [3.8, 4) is 0 Å². The molecular weight excluding hydrogens is 146 g/mol. The zero-order chi connectivity index (χ0) is 3.58. The normalized spacial score (nSPS) is 3.86. The zero-order valence-electron chi connectivity index (χ0n) is 3.17. The Morgan fingerprint density at radius 2 is 0.857 bits per heavy atom. The summed E-state index contributed by atoms with van der Waals surface area (Å²) in [4.78, 5) is 0. The van der Waals surface area contributed by atoms with Gasteiger partial charge in [0.05, 0.1) is 0 Å². The van der Waals surface area contributed by atoms with Crippen LogP contribution in [0.25, 0.3) is 0 Å². The second-order valence-corrected chi connectivity index (χ2v) is 0.247. The van der Waals surface area contributed by atoms with Gasteiger partial charge in [0.15, 0.2) is 0 Å². The summed E-state index contributed by atoms with van der Waals surface area (Å²) in [5, 5.41) is 0. The van der Waals surface area contributed by atoms with Crippen LogP contribution in [0.5, 0.6) is 0 Å². The molecule has 0 saturated heterocycles. The van der Waals surface area contributed by atoms with Crippen molar-refractivity contribution in [3.05, 3.63) is 0 Å². The third-order valence-electron chi connectivity index (χ3n) is 0. The smallest absolute Gasteiger partial charge is 1.00 e. The summed E-state index contributed by atoms with van der Waals surface area (Å²) in [6.07, 6.45) is 0. The molecule has 0 aliphatic carbocycles. The first-order valence-electron chi connectivity index (χ1n) is 0.655. The molecule has 0 saturated carbocycles. The largest absolute Gasteiger partial charge is 2.00 e. The maximum absolute atomic E-state index is 9.67. The van der Waals surface area contributed by atoms with Crippen LogP contribution in [0.3, 0.4) is 0 Å². The van der Waals surface area contributed by atoms with Crippen LogP contribution in [0, 0.1) is 0 Å². The van der Waals surface area contributed by atoms with Crippen molar-refractivity contribution in [2.45, 2.75) is 0 Å². The molecule has 0 bridgehead atoms. The predicted octanol–water partition coefficient (Wildman–Crippen LogP) is -5.49. The summed E-state index contributed by atoms with van der Waals surface area (Å²) in [7, 11) is -3.67. The molecule has 0 unspecified atom stereocenters. The SMILES string of the molecule is FB(F)F.[Ca+2].[F-].[F-]. The Kier molecular flexibility index (Phi) is 55.3. The van der Waals surface area contributed by atoms with Crippen LogP contribution in [0.4, 0.5) is 12.9 Å². The molecule has 0 fully saturated rings. The van der Waals surface area contributed by atoms with Crippen molar-refractivity contribution < 1.29 is 22.4 Å². The van der Waals surface area contributed by atoms with E-state index in [-0.39, 0.29) is 47.1 Å². The fourth-order valence-corrected chi connectivity index (χ4v) is 0. The Bertz CT molecular complexity index is 12.8. The molecule has 0 nitrogen and oxygen atoms in total. The van der Waals surface area contributed by atoms with Crippen LogP contribution >= 0.6 is 0 Å². The predicted molar refractivity (Wildman–Crippen MR) is 14.8 cm³/mol. The summed E-state index contributed by atoms with van der Waals surface area (Å²) < 4.78 is 29.0. The van der Waals surface area contributed by atoms with Gasteiger partial charge < -0.3 is 9.41 Å². The van der Waals surface area contributed by atoms with E-state index < -0.39 is 7.54 Å². The summed E-state index contributed by atoms with van der Waals surface area (Å²) in [5.41, 5.74) is 0. The molecule has 7 heteroatoms. The molecule has 0 aromatic heterocycles. The van der Waals surface area contributed by atoms with E-state index in [1.807, 2.05) is 0 Å². The van der Waals surface area contributed by atoms with Crippen molar-refractivity contribution in [2.75, 3.05) is 0 Å². The molecule has 7 heavy (non-hydrogen) atoms. The van der Waals surface area contributed by atoms with E-state index in [4.69, 9.17) is 0 Å². The molecule has 0 amide bonds. The standard InChI is InChI=1S/BF3.Ca.2FH/c2-1(3)4;;;/h;;2*1H/q;+2;;/p-2. The Hall–Kier alpha value is 0.975. The van der Waals surface area contributed by atoms with E-state index in [0.717, 1.165) is 0 Å². The molecule has 0 atom stereocenters. The Labute approximate surface area is 67.4 Å². The maximum atomic E-state index is 9.67. The number of hydrogen-bond donors (Lipinski definition) is 0.